The van der Waals surface area contributed by atoms with Gasteiger partial charge in [-0.1, -0.05) is 48.5 Å². The summed E-state index contributed by atoms with van der Waals surface area (Å²) in [6.45, 7) is 3.26. The molecule has 0 radical (unpaired) electrons. The summed E-state index contributed by atoms with van der Waals surface area (Å²) in [4.78, 5) is 39.1. The van der Waals surface area contributed by atoms with Crippen LogP contribution in [0.25, 0.3) is 0 Å². The molecule has 7 nitrogen and oxygen atoms in total. The van der Waals surface area contributed by atoms with E-state index in [1.165, 1.54) is 11.8 Å². The molecule has 0 amide bonds. The number of carboxylic acid groups (broad SMARTS) is 1. The molecule has 0 heterocycles. The van der Waals surface area contributed by atoms with Crippen LogP contribution >= 0.6 is 0 Å². The van der Waals surface area contributed by atoms with Crippen LogP contribution in [-0.2, 0) is 25.5 Å². The maximum Gasteiger partial charge on any atom is 0.334 e. The van der Waals surface area contributed by atoms with Crippen molar-refractivity contribution < 1.29 is 24.2 Å². The Balaban J connectivity index is 2.51. The molecule has 0 spiro atoms. The largest absolute Gasteiger partial charge is 0.479 e. The van der Waals surface area contributed by atoms with Crippen LogP contribution in [0, 0.1) is 0 Å². The second-order valence-electron chi connectivity index (χ2n) is 6.97. The summed E-state index contributed by atoms with van der Waals surface area (Å²) in [7, 11) is 0. The number of nitrogens with zero attached hydrogens (tertiary/aromatic N) is 1. The van der Waals surface area contributed by atoms with Crippen molar-refractivity contribution in [2.24, 2.45) is 5.73 Å². The van der Waals surface area contributed by atoms with E-state index in [2.05, 4.69) is 0 Å². The molecule has 0 aliphatic carbocycles. The first-order chi connectivity index (χ1) is 14.4. The summed E-state index contributed by atoms with van der Waals surface area (Å²) in [6, 6.07) is 14.5. The summed E-state index contributed by atoms with van der Waals surface area (Å²) in [5.74, 6) is -2.63. The van der Waals surface area contributed by atoms with E-state index in [1.54, 1.807) is 37.3 Å². The van der Waals surface area contributed by atoms with E-state index in [0.717, 1.165) is 5.56 Å². The van der Waals surface area contributed by atoms with E-state index in [-0.39, 0.29) is 13.0 Å². The number of ether oxygens (including phenoxy) is 1. The van der Waals surface area contributed by atoms with Gasteiger partial charge in [0.2, 0.25) is 0 Å². The van der Waals surface area contributed by atoms with Crippen molar-refractivity contribution in [1.82, 2.24) is 0 Å². The minimum atomic E-state index is -1.61. The monoisotopic (exact) mass is 412 g/mol. The summed E-state index contributed by atoms with van der Waals surface area (Å²) in [6.07, 6.45) is 0.778. The van der Waals surface area contributed by atoms with E-state index < -0.39 is 35.8 Å². The predicted octanol–water partition coefficient (Wildman–Crippen LogP) is 2.43. The second kappa shape index (κ2) is 11.1. The molecule has 0 fully saturated rings. The molecule has 3 atom stereocenters. The fourth-order valence-electron chi connectivity index (χ4n) is 3.29. The van der Waals surface area contributed by atoms with Crippen LogP contribution in [-0.4, -0.2) is 47.6 Å². The molecule has 2 rings (SSSR count). The minimum absolute atomic E-state index is 0.141. The first kappa shape index (κ1) is 23.1. The molecule has 7 heteroatoms. The Morgan fingerprint density at radius 1 is 1.03 bits per heavy atom. The quantitative estimate of drug-likeness (QED) is 0.431. The summed E-state index contributed by atoms with van der Waals surface area (Å²) in [5.41, 5.74) is 7.16. The number of ketones is 1. The third-order valence-corrected chi connectivity index (χ3v) is 4.73. The molecular weight excluding hydrogens is 384 g/mol. The highest BCUT2D eigenvalue weighted by molar-refractivity contribution is 6.08. The van der Waals surface area contributed by atoms with Crippen molar-refractivity contribution in [3.05, 3.63) is 66.2 Å². The molecule has 160 valence electrons. The second-order valence-corrected chi connectivity index (χ2v) is 6.97. The number of carboxylic acids is 1. The van der Waals surface area contributed by atoms with Crippen molar-refractivity contribution in [3.8, 4) is 0 Å². The Bertz CT molecular complexity index is 839. The normalized spacial score (nSPS) is 13.7. The number of Topliss-reactive ketones (excluding diaryl/α,β-unsaturated/α-hetero) is 1. The van der Waals surface area contributed by atoms with Gasteiger partial charge in [0.25, 0.3) is 0 Å². The van der Waals surface area contributed by atoms with Gasteiger partial charge in [0.1, 0.15) is 6.04 Å². The van der Waals surface area contributed by atoms with Crippen LogP contribution in [0.4, 0.5) is 5.69 Å². The van der Waals surface area contributed by atoms with Gasteiger partial charge in [-0.25, -0.2) is 9.59 Å². The van der Waals surface area contributed by atoms with Gasteiger partial charge in [0.05, 0.1) is 12.6 Å². The van der Waals surface area contributed by atoms with Crippen LogP contribution in [0.15, 0.2) is 60.7 Å². The average molecular weight is 412 g/mol. The molecule has 0 saturated carbocycles. The first-order valence-electron chi connectivity index (χ1n) is 9.92. The highest BCUT2D eigenvalue weighted by Crippen LogP contribution is 2.25. The number of para-hydroxylation sites is 1. The Morgan fingerprint density at radius 2 is 1.60 bits per heavy atom. The summed E-state index contributed by atoms with van der Waals surface area (Å²) < 4.78 is 5.25. The number of carbonyl (C=O) groups is 3. The number of benzene rings is 2. The molecule has 0 aliphatic rings. The van der Waals surface area contributed by atoms with Crippen molar-refractivity contribution in [1.29, 1.82) is 0 Å². The van der Waals surface area contributed by atoms with Crippen LogP contribution in [0.5, 0.6) is 0 Å². The zero-order chi connectivity index (χ0) is 22.1. The standard InChI is InChI=1S/C23H28N2O5/c1-3-30-23(29)19(15-14-17-10-6-4-7-11-17)25(18-12-8-5-9-13-18)20(22(27)28)21(26)16(2)24/h4-13,16,19-20H,3,14-15,24H2,1-2H3,(H,27,28). The predicted molar refractivity (Wildman–Crippen MR) is 114 cm³/mol. The zero-order valence-electron chi connectivity index (χ0n) is 17.2. The maximum atomic E-state index is 12.9. The molecule has 3 unspecified atom stereocenters. The Hall–Kier alpha value is -3.19. The van der Waals surface area contributed by atoms with E-state index >= 15 is 0 Å². The number of nitrogens with two attached hydrogens (primary N) is 1. The Labute approximate surface area is 176 Å². The number of hydrogen-bond acceptors (Lipinski definition) is 6. The maximum absolute atomic E-state index is 12.9. The third-order valence-electron chi connectivity index (χ3n) is 4.73. The van der Waals surface area contributed by atoms with Crippen LogP contribution in [0.3, 0.4) is 0 Å². The number of esters is 1. The van der Waals surface area contributed by atoms with Crippen LogP contribution in [0.1, 0.15) is 25.8 Å². The van der Waals surface area contributed by atoms with E-state index in [0.29, 0.717) is 12.1 Å². The SMILES string of the molecule is CCOC(=O)C(CCc1ccccc1)N(c1ccccc1)C(C(=O)O)C(=O)C(C)N. The van der Waals surface area contributed by atoms with Crippen LogP contribution < -0.4 is 10.6 Å². The van der Waals surface area contributed by atoms with Gasteiger partial charge in [-0.2, -0.15) is 0 Å². The molecule has 3 N–H and O–H groups in total. The van der Waals surface area contributed by atoms with Crippen molar-refractivity contribution >= 4 is 23.4 Å². The Morgan fingerprint density at radius 3 is 2.10 bits per heavy atom. The van der Waals surface area contributed by atoms with Gasteiger partial charge in [0, 0.05) is 5.69 Å². The zero-order valence-corrected chi connectivity index (χ0v) is 17.2. The molecule has 0 bridgehead atoms. The molecular formula is C23H28N2O5. The molecule has 0 aromatic heterocycles. The van der Waals surface area contributed by atoms with Gasteiger partial charge < -0.3 is 20.5 Å². The van der Waals surface area contributed by atoms with Crippen molar-refractivity contribution in [3.63, 3.8) is 0 Å². The number of carbonyl (C=O) groups excluding carboxylic acids is 2. The topological polar surface area (TPSA) is 110 Å². The fourth-order valence-corrected chi connectivity index (χ4v) is 3.29. The number of anilines is 1. The molecule has 0 saturated heterocycles. The lowest BCUT2D eigenvalue weighted by Gasteiger charge is -2.36. The van der Waals surface area contributed by atoms with E-state index in [9.17, 15) is 19.5 Å². The molecule has 2 aromatic carbocycles. The van der Waals surface area contributed by atoms with Crippen LogP contribution in [0.2, 0.25) is 0 Å². The average Bonchev–Trinajstić information content (AvgIpc) is 2.74. The smallest absolute Gasteiger partial charge is 0.334 e. The molecule has 0 aliphatic heterocycles. The van der Waals surface area contributed by atoms with Gasteiger partial charge >= 0.3 is 11.9 Å². The number of aryl methyl sites for hydroxylation is 1. The van der Waals surface area contributed by atoms with Gasteiger partial charge in [-0.05, 0) is 44.4 Å². The van der Waals surface area contributed by atoms with E-state index in [4.69, 9.17) is 10.5 Å². The fraction of sp³-hybridized carbons (Fsp3) is 0.348. The molecule has 30 heavy (non-hydrogen) atoms. The Kier molecular flexibility index (Phi) is 8.55. The lowest BCUT2D eigenvalue weighted by molar-refractivity contribution is -0.146. The summed E-state index contributed by atoms with van der Waals surface area (Å²) in [5, 5.41) is 9.90. The third kappa shape index (κ3) is 5.90. The highest BCUT2D eigenvalue weighted by Gasteiger charge is 2.41. The van der Waals surface area contributed by atoms with Crippen molar-refractivity contribution in [2.45, 2.75) is 44.8 Å². The highest BCUT2D eigenvalue weighted by atomic mass is 16.5. The lowest BCUT2D eigenvalue weighted by atomic mass is 9.98. The van der Waals surface area contributed by atoms with E-state index in [1.807, 2.05) is 30.3 Å². The van der Waals surface area contributed by atoms with Crippen molar-refractivity contribution in [2.75, 3.05) is 11.5 Å². The number of rotatable bonds is 11. The number of hydrogen-bond donors (Lipinski definition) is 2. The van der Waals surface area contributed by atoms with Gasteiger partial charge in [-0.3, -0.25) is 4.79 Å². The van der Waals surface area contributed by atoms with Gasteiger partial charge in [0.15, 0.2) is 11.8 Å². The lowest BCUT2D eigenvalue weighted by Crippen LogP contribution is -2.58. The first-order valence-corrected chi connectivity index (χ1v) is 9.92. The minimum Gasteiger partial charge on any atom is -0.479 e. The van der Waals surface area contributed by atoms with Gasteiger partial charge in [-0.15, -0.1) is 0 Å². The summed E-state index contributed by atoms with van der Waals surface area (Å²) >= 11 is 0. The molecule has 2 aromatic rings. The number of aliphatic carboxylic acids is 1.